The van der Waals surface area contributed by atoms with E-state index in [9.17, 15) is 9.59 Å². The van der Waals surface area contributed by atoms with E-state index in [4.69, 9.17) is 4.74 Å². The molecule has 2 aromatic heterocycles. The van der Waals surface area contributed by atoms with Gasteiger partial charge in [-0.3, -0.25) is 9.67 Å². The Kier molecular flexibility index (Phi) is 4.65. The fourth-order valence-corrected chi connectivity index (χ4v) is 1.69. The minimum Gasteiger partial charge on any atom is -0.465 e. The van der Waals surface area contributed by atoms with Crippen molar-refractivity contribution in [2.75, 3.05) is 13.7 Å². The quantitative estimate of drug-likeness (QED) is 0.771. The molecule has 0 aliphatic rings. The summed E-state index contributed by atoms with van der Waals surface area (Å²) in [4.78, 5) is 27.0. The summed E-state index contributed by atoms with van der Waals surface area (Å²) in [7, 11) is 1.32. The van der Waals surface area contributed by atoms with Crippen molar-refractivity contribution in [1.29, 1.82) is 0 Å². The molecule has 2 heterocycles. The zero-order valence-electron chi connectivity index (χ0n) is 11.8. The number of aromatic nitrogens is 3. The van der Waals surface area contributed by atoms with Crippen LogP contribution in [0.5, 0.6) is 0 Å². The minimum atomic E-state index is -0.433. The van der Waals surface area contributed by atoms with Crippen molar-refractivity contribution in [3.63, 3.8) is 0 Å². The number of esters is 2. The first-order chi connectivity index (χ1) is 10.1. The molecule has 0 aliphatic heterocycles. The first kappa shape index (κ1) is 14.7. The third-order valence-corrected chi connectivity index (χ3v) is 2.71. The molecule has 0 radical (unpaired) electrons. The molecule has 2 rings (SSSR count). The van der Waals surface area contributed by atoms with Crippen molar-refractivity contribution in [1.82, 2.24) is 14.8 Å². The molecular weight excluding hydrogens is 274 g/mol. The maximum absolute atomic E-state index is 11.5. The Morgan fingerprint density at radius 2 is 2.00 bits per heavy atom. The molecule has 110 valence electrons. The molecule has 7 nitrogen and oxygen atoms in total. The normalized spacial score (nSPS) is 10.2. The lowest BCUT2D eigenvalue weighted by atomic mass is 10.2. The van der Waals surface area contributed by atoms with Crippen molar-refractivity contribution in [2.45, 2.75) is 13.5 Å². The highest BCUT2D eigenvalue weighted by Gasteiger charge is 2.10. The first-order valence-corrected chi connectivity index (χ1v) is 6.37. The topological polar surface area (TPSA) is 83.3 Å². The molecule has 0 saturated heterocycles. The monoisotopic (exact) mass is 289 g/mol. The fraction of sp³-hybridized carbons (Fsp3) is 0.286. The number of rotatable bonds is 5. The van der Waals surface area contributed by atoms with Gasteiger partial charge < -0.3 is 9.47 Å². The van der Waals surface area contributed by atoms with E-state index in [1.54, 1.807) is 29.9 Å². The molecule has 0 amide bonds. The van der Waals surface area contributed by atoms with Gasteiger partial charge in [0, 0.05) is 12.4 Å². The Bertz CT molecular complexity index is 634. The van der Waals surface area contributed by atoms with Gasteiger partial charge >= 0.3 is 11.9 Å². The predicted molar refractivity (Wildman–Crippen MR) is 72.9 cm³/mol. The number of methoxy groups -OCH3 is 1. The summed E-state index contributed by atoms with van der Waals surface area (Å²) >= 11 is 0. The Hall–Kier alpha value is -2.70. The van der Waals surface area contributed by atoms with Crippen LogP contribution in [-0.2, 0) is 16.0 Å². The maximum atomic E-state index is 11.5. The third-order valence-electron chi connectivity index (χ3n) is 2.71. The van der Waals surface area contributed by atoms with E-state index < -0.39 is 11.9 Å². The Morgan fingerprint density at radius 1 is 1.19 bits per heavy atom. The molecule has 0 N–H and O–H groups in total. The van der Waals surface area contributed by atoms with E-state index in [-0.39, 0.29) is 0 Å². The summed E-state index contributed by atoms with van der Waals surface area (Å²) in [6.45, 7) is 2.45. The van der Waals surface area contributed by atoms with E-state index in [1.165, 1.54) is 19.5 Å². The van der Waals surface area contributed by atoms with E-state index in [2.05, 4.69) is 14.8 Å². The molecule has 0 fully saturated rings. The van der Waals surface area contributed by atoms with Crippen LogP contribution in [-0.4, -0.2) is 40.4 Å². The van der Waals surface area contributed by atoms with Crippen molar-refractivity contribution in [3.05, 3.63) is 47.5 Å². The molecule has 0 atom stereocenters. The van der Waals surface area contributed by atoms with Crippen molar-refractivity contribution in [3.8, 4) is 0 Å². The van der Waals surface area contributed by atoms with Crippen LogP contribution in [0, 0.1) is 0 Å². The number of nitrogens with zero attached hydrogens (tertiary/aromatic N) is 3. The molecule has 7 heteroatoms. The highest BCUT2D eigenvalue weighted by molar-refractivity contribution is 5.89. The fourth-order valence-electron chi connectivity index (χ4n) is 1.69. The van der Waals surface area contributed by atoms with Gasteiger partial charge in [0.25, 0.3) is 0 Å². The van der Waals surface area contributed by atoms with Crippen LogP contribution in [0.2, 0.25) is 0 Å². The molecule has 0 aromatic carbocycles. The first-order valence-electron chi connectivity index (χ1n) is 6.37. The molecule has 0 aliphatic carbocycles. The van der Waals surface area contributed by atoms with Crippen LogP contribution < -0.4 is 0 Å². The summed E-state index contributed by atoms with van der Waals surface area (Å²) in [5, 5.41) is 4.07. The second kappa shape index (κ2) is 6.65. The van der Waals surface area contributed by atoms with Gasteiger partial charge in [-0.05, 0) is 19.1 Å². The van der Waals surface area contributed by atoms with E-state index in [0.29, 0.717) is 30.0 Å². The average molecular weight is 289 g/mol. The smallest absolute Gasteiger partial charge is 0.341 e. The average Bonchev–Trinajstić information content (AvgIpc) is 2.96. The standard InChI is InChI=1S/C14H15N3O4/c1-3-21-14(19)11-7-16-17(8-11)9-12-5-4-10(6-15-12)13(18)20-2/h4-8H,3,9H2,1-2H3. The Labute approximate surface area is 121 Å². The minimum absolute atomic E-state index is 0.320. The van der Waals surface area contributed by atoms with Crippen LogP contribution in [0.15, 0.2) is 30.7 Å². The second-order valence-corrected chi connectivity index (χ2v) is 4.18. The molecule has 0 spiro atoms. The summed E-state index contributed by atoms with van der Waals surface area (Å²) in [5.74, 6) is -0.838. The van der Waals surface area contributed by atoms with E-state index in [0.717, 1.165) is 0 Å². The predicted octanol–water partition coefficient (Wildman–Crippen LogP) is 1.29. The molecule has 2 aromatic rings. The lowest BCUT2D eigenvalue weighted by Crippen LogP contribution is -2.06. The SMILES string of the molecule is CCOC(=O)c1cnn(Cc2ccc(C(=O)OC)cn2)c1. The zero-order chi connectivity index (χ0) is 15.2. The number of carbonyl (C=O) groups excluding carboxylic acids is 2. The maximum Gasteiger partial charge on any atom is 0.341 e. The number of ether oxygens (including phenoxy) is 2. The molecule has 21 heavy (non-hydrogen) atoms. The van der Waals surface area contributed by atoms with Crippen LogP contribution in [0.25, 0.3) is 0 Å². The van der Waals surface area contributed by atoms with Crippen LogP contribution in [0.1, 0.15) is 33.3 Å². The highest BCUT2D eigenvalue weighted by Crippen LogP contribution is 2.06. The van der Waals surface area contributed by atoms with Crippen molar-refractivity contribution < 1.29 is 19.1 Å². The van der Waals surface area contributed by atoms with Crippen molar-refractivity contribution in [2.24, 2.45) is 0 Å². The van der Waals surface area contributed by atoms with Gasteiger partial charge in [0.15, 0.2) is 0 Å². The largest absolute Gasteiger partial charge is 0.465 e. The van der Waals surface area contributed by atoms with Gasteiger partial charge in [-0.15, -0.1) is 0 Å². The van der Waals surface area contributed by atoms with Crippen LogP contribution in [0.3, 0.4) is 0 Å². The summed E-state index contributed by atoms with van der Waals surface area (Å²) in [6, 6.07) is 3.34. The van der Waals surface area contributed by atoms with Gasteiger partial charge in [0.05, 0.1) is 43.3 Å². The lowest BCUT2D eigenvalue weighted by Gasteiger charge is -2.02. The number of pyridine rings is 1. The zero-order valence-corrected chi connectivity index (χ0v) is 11.8. The van der Waals surface area contributed by atoms with Gasteiger partial charge in [0.1, 0.15) is 0 Å². The number of carbonyl (C=O) groups is 2. The summed E-state index contributed by atoms with van der Waals surface area (Å²) < 4.78 is 11.1. The van der Waals surface area contributed by atoms with Gasteiger partial charge in [0.2, 0.25) is 0 Å². The van der Waals surface area contributed by atoms with Gasteiger partial charge in [-0.2, -0.15) is 5.10 Å². The van der Waals surface area contributed by atoms with Crippen molar-refractivity contribution >= 4 is 11.9 Å². The second-order valence-electron chi connectivity index (χ2n) is 4.18. The molecule has 0 saturated carbocycles. The van der Waals surface area contributed by atoms with Crippen LogP contribution >= 0.6 is 0 Å². The van der Waals surface area contributed by atoms with E-state index >= 15 is 0 Å². The van der Waals surface area contributed by atoms with E-state index in [1.807, 2.05) is 0 Å². The summed E-state index contributed by atoms with van der Waals surface area (Å²) in [6.07, 6.45) is 4.48. The number of hydrogen-bond donors (Lipinski definition) is 0. The third kappa shape index (κ3) is 3.65. The molecule has 0 bridgehead atoms. The molecule has 0 unspecified atom stereocenters. The number of hydrogen-bond acceptors (Lipinski definition) is 6. The lowest BCUT2D eigenvalue weighted by molar-refractivity contribution is 0.0525. The van der Waals surface area contributed by atoms with Gasteiger partial charge in [-0.25, -0.2) is 9.59 Å². The Balaban J connectivity index is 2.05. The van der Waals surface area contributed by atoms with Crippen LogP contribution in [0.4, 0.5) is 0 Å². The Morgan fingerprint density at radius 3 is 2.62 bits per heavy atom. The molecular formula is C14H15N3O4. The highest BCUT2D eigenvalue weighted by atomic mass is 16.5. The van der Waals surface area contributed by atoms with Gasteiger partial charge in [-0.1, -0.05) is 0 Å². The summed E-state index contributed by atoms with van der Waals surface area (Å²) in [5.41, 5.74) is 1.48.